The predicted octanol–water partition coefficient (Wildman–Crippen LogP) is 3.94. The quantitative estimate of drug-likeness (QED) is 0.535. The molecule has 1 spiro atoms. The second-order valence-corrected chi connectivity index (χ2v) is 8.48. The van der Waals surface area contributed by atoms with Gasteiger partial charge in [-0.15, -0.1) is 0 Å². The van der Waals surface area contributed by atoms with E-state index in [-0.39, 0.29) is 5.41 Å². The van der Waals surface area contributed by atoms with E-state index in [1.807, 2.05) is 31.3 Å². The second-order valence-electron chi connectivity index (χ2n) is 8.48. The summed E-state index contributed by atoms with van der Waals surface area (Å²) in [6, 6.07) is 14.8. The molecule has 4 aromatic rings. The van der Waals surface area contributed by atoms with E-state index < -0.39 is 0 Å². The zero-order chi connectivity index (χ0) is 19.4. The molecule has 0 aliphatic carbocycles. The SMILES string of the molecule is Cc1cc(CN2CCC3(CCn4nc(-c5cnc6ccccc6c5)cc43)C2)on1. The third kappa shape index (κ3) is 2.78. The van der Waals surface area contributed by atoms with Crippen molar-refractivity contribution in [2.75, 3.05) is 13.1 Å². The normalized spacial score (nSPS) is 21.4. The number of aromatic nitrogens is 4. The third-order valence-corrected chi connectivity index (χ3v) is 6.50. The van der Waals surface area contributed by atoms with Crippen LogP contribution in [0.1, 0.15) is 30.0 Å². The Kier molecular flexibility index (Phi) is 3.65. The molecule has 146 valence electrons. The van der Waals surface area contributed by atoms with Crippen LogP contribution in [-0.4, -0.2) is 37.9 Å². The van der Waals surface area contributed by atoms with E-state index in [0.29, 0.717) is 0 Å². The van der Waals surface area contributed by atoms with Gasteiger partial charge in [-0.05, 0) is 44.5 Å². The molecule has 1 atom stereocenters. The fraction of sp³-hybridized carbons (Fsp3) is 0.348. The minimum Gasteiger partial charge on any atom is -0.360 e. The highest BCUT2D eigenvalue weighted by Gasteiger charge is 2.45. The number of hydrogen-bond donors (Lipinski definition) is 0. The molecule has 0 bridgehead atoms. The van der Waals surface area contributed by atoms with Gasteiger partial charge in [0.1, 0.15) is 0 Å². The van der Waals surface area contributed by atoms with Crippen molar-refractivity contribution in [3.8, 4) is 11.3 Å². The maximum atomic E-state index is 5.43. The van der Waals surface area contributed by atoms with Crippen LogP contribution in [0.15, 0.2) is 53.2 Å². The van der Waals surface area contributed by atoms with Crippen molar-refractivity contribution in [1.29, 1.82) is 0 Å². The number of benzene rings is 1. The average Bonchev–Trinajstić information content (AvgIpc) is 3.50. The van der Waals surface area contributed by atoms with Gasteiger partial charge >= 0.3 is 0 Å². The van der Waals surface area contributed by atoms with Gasteiger partial charge in [-0.1, -0.05) is 23.4 Å². The number of nitrogens with zero attached hydrogens (tertiary/aromatic N) is 5. The molecule has 5 heterocycles. The van der Waals surface area contributed by atoms with Crippen LogP contribution in [0.3, 0.4) is 0 Å². The zero-order valence-electron chi connectivity index (χ0n) is 16.5. The number of pyridine rings is 1. The number of hydrogen-bond acceptors (Lipinski definition) is 5. The number of fused-ring (bicyclic) bond motifs is 3. The Morgan fingerprint density at radius 1 is 1.10 bits per heavy atom. The van der Waals surface area contributed by atoms with Gasteiger partial charge in [0.2, 0.25) is 0 Å². The van der Waals surface area contributed by atoms with Gasteiger partial charge in [0, 0.05) is 47.4 Å². The number of likely N-dealkylation sites (tertiary alicyclic amines) is 1. The number of para-hydroxylation sites is 1. The average molecular weight is 385 g/mol. The van der Waals surface area contributed by atoms with Gasteiger partial charge in [0.15, 0.2) is 5.76 Å². The highest BCUT2D eigenvalue weighted by Crippen LogP contribution is 2.44. The molecular weight excluding hydrogens is 362 g/mol. The van der Waals surface area contributed by atoms with E-state index >= 15 is 0 Å². The molecular formula is C23H23N5O. The molecule has 6 rings (SSSR count). The van der Waals surface area contributed by atoms with Gasteiger partial charge in [-0.3, -0.25) is 14.6 Å². The molecule has 6 heteroatoms. The molecule has 2 aliphatic heterocycles. The number of rotatable bonds is 3. The van der Waals surface area contributed by atoms with Crippen LogP contribution in [0, 0.1) is 6.92 Å². The number of aryl methyl sites for hydroxylation is 2. The Balaban J connectivity index is 1.28. The molecule has 2 aliphatic rings. The van der Waals surface area contributed by atoms with Crippen LogP contribution in [0.2, 0.25) is 0 Å². The molecule has 0 amide bonds. The van der Waals surface area contributed by atoms with Crippen molar-refractivity contribution in [2.45, 2.75) is 38.3 Å². The molecule has 1 aromatic carbocycles. The first-order valence-corrected chi connectivity index (χ1v) is 10.3. The molecule has 1 unspecified atom stereocenters. The smallest absolute Gasteiger partial charge is 0.150 e. The minimum absolute atomic E-state index is 0.199. The lowest BCUT2D eigenvalue weighted by molar-refractivity contribution is 0.258. The monoisotopic (exact) mass is 385 g/mol. The first kappa shape index (κ1) is 16.9. The Bertz CT molecular complexity index is 1210. The lowest BCUT2D eigenvalue weighted by Gasteiger charge is -2.23. The van der Waals surface area contributed by atoms with E-state index in [2.05, 4.69) is 44.0 Å². The van der Waals surface area contributed by atoms with Gasteiger partial charge in [-0.2, -0.15) is 5.10 Å². The Morgan fingerprint density at radius 3 is 2.90 bits per heavy atom. The predicted molar refractivity (Wildman–Crippen MR) is 110 cm³/mol. The lowest BCUT2D eigenvalue weighted by atomic mass is 9.82. The molecule has 3 aromatic heterocycles. The standard InChI is InChI=1S/C23H23N5O/c1-16-10-19(29-26-16)14-27-8-6-23(15-27)7-9-28-22(23)12-21(25-28)18-11-17-4-2-3-5-20(17)24-13-18/h2-5,10-13H,6-9,14-15H2,1H3. The summed E-state index contributed by atoms with van der Waals surface area (Å²) < 4.78 is 7.64. The molecule has 0 N–H and O–H groups in total. The second kappa shape index (κ2) is 6.26. The van der Waals surface area contributed by atoms with Crippen molar-refractivity contribution < 1.29 is 4.52 Å². The van der Waals surface area contributed by atoms with Crippen molar-refractivity contribution in [3.05, 3.63) is 65.8 Å². The maximum Gasteiger partial charge on any atom is 0.150 e. The van der Waals surface area contributed by atoms with Crippen LogP contribution in [0.4, 0.5) is 0 Å². The van der Waals surface area contributed by atoms with Crippen LogP contribution in [-0.2, 0) is 18.5 Å². The van der Waals surface area contributed by atoms with E-state index in [1.54, 1.807) is 0 Å². The topological polar surface area (TPSA) is 60.0 Å². The summed E-state index contributed by atoms with van der Waals surface area (Å²) in [5.41, 5.74) is 5.66. The molecule has 1 fully saturated rings. The van der Waals surface area contributed by atoms with E-state index in [9.17, 15) is 0 Å². The fourth-order valence-corrected chi connectivity index (χ4v) is 5.03. The van der Waals surface area contributed by atoms with Crippen molar-refractivity contribution >= 4 is 10.9 Å². The Hall–Kier alpha value is -2.99. The fourth-order valence-electron chi connectivity index (χ4n) is 5.03. The van der Waals surface area contributed by atoms with Crippen LogP contribution in [0.5, 0.6) is 0 Å². The first-order chi connectivity index (χ1) is 14.2. The highest BCUT2D eigenvalue weighted by atomic mass is 16.5. The van der Waals surface area contributed by atoms with E-state index in [0.717, 1.165) is 66.2 Å². The molecule has 1 saturated heterocycles. The van der Waals surface area contributed by atoms with Crippen molar-refractivity contribution in [2.24, 2.45) is 0 Å². The van der Waals surface area contributed by atoms with Crippen LogP contribution >= 0.6 is 0 Å². The molecule has 6 nitrogen and oxygen atoms in total. The zero-order valence-corrected chi connectivity index (χ0v) is 16.5. The highest BCUT2D eigenvalue weighted by molar-refractivity contribution is 5.82. The van der Waals surface area contributed by atoms with Gasteiger partial charge in [-0.25, -0.2) is 0 Å². The third-order valence-electron chi connectivity index (χ3n) is 6.50. The van der Waals surface area contributed by atoms with E-state index in [1.165, 1.54) is 12.1 Å². The van der Waals surface area contributed by atoms with E-state index in [4.69, 9.17) is 9.62 Å². The molecule has 29 heavy (non-hydrogen) atoms. The lowest BCUT2D eigenvalue weighted by Crippen LogP contribution is -2.28. The largest absolute Gasteiger partial charge is 0.360 e. The van der Waals surface area contributed by atoms with Gasteiger partial charge in [0.05, 0.1) is 23.4 Å². The first-order valence-electron chi connectivity index (χ1n) is 10.3. The van der Waals surface area contributed by atoms with Gasteiger partial charge < -0.3 is 4.52 Å². The summed E-state index contributed by atoms with van der Waals surface area (Å²) >= 11 is 0. The Morgan fingerprint density at radius 2 is 2.00 bits per heavy atom. The summed E-state index contributed by atoms with van der Waals surface area (Å²) in [6.07, 6.45) is 4.28. The van der Waals surface area contributed by atoms with Crippen molar-refractivity contribution in [1.82, 2.24) is 24.8 Å². The molecule has 0 saturated carbocycles. The minimum atomic E-state index is 0.199. The maximum absolute atomic E-state index is 5.43. The summed E-state index contributed by atoms with van der Waals surface area (Å²) in [5.74, 6) is 0.953. The van der Waals surface area contributed by atoms with Crippen molar-refractivity contribution in [3.63, 3.8) is 0 Å². The summed E-state index contributed by atoms with van der Waals surface area (Å²) in [7, 11) is 0. The van der Waals surface area contributed by atoms with Crippen LogP contribution < -0.4 is 0 Å². The van der Waals surface area contributed by atoms with Crippen LogP contribution in [0.25, 0.3) is 22.2 Å². The molecule has 0 radical (unpaired) electrons. The summed E-state index contributed by atoms with van der Waals surface area (Å²) in [5, 5.41) is 10.1. The Labute approximate surface area is 169 Å². The summed E-state index contributed by atoms with van der Waals surface area (Å²) in [4.78, 5) is 7.10. The van der Waals surface area contributed by atoms with Gasteiger partial charge in [0.25, 0.3) is 0 Å². The summed E-state index contributed by atoms with van der Waals surface area (Å²) in [6.45, 7) is 5.92.